The highest BCUT2D eigenvalue weighted by molar-refractivity contribution is 5.94. The predicted octanol–water partition coefficient (Wildman–Crippen LogP) is 3.18. The number of amides is 1. The Morgan fingerprint density at radius 2 is 2.20 bits per heavy atom. The number of halogens is 1. The lowest BCUT2D eigenvalue weighted by Crippen LogP contribution is -2.25. The van der Waals surface area contributed by atoms with Crippen molar-refractivity contribution in [1.29, 1.82) is 0 Å². The molecule has 0 aliphatic rings. The Morgan fingerprint density at radius 3 is 2.92 bits per heavy atom. The fourth-order valence-corrected chi connectivity index (χ4v) is 2.86. The number of hydrogen-bond donors (Lipinski definition) is 1. The molecule has 5 nitrogen and oxygen atoms in total. The van der Waals surface area contributed by atoms with Crippen LogP contribution < -0.4 is 10.1 Å². The minimum atomic E-state index is -0.549. The lowest BCUT2D eigenvalue weighted by molar-refractivity contribution is 0.0953. The van der Waals surface area contributed by atoms with Crippen molar-refractivity contribution in [2.45, 2.75) is 19.9 Å². The Morgan fingerprint density at radius 1 is 1.36 bits per heavy atom. The zero-order chi connectivity index (χ0) is 17.8. The summed E-state index contributed by atoms with van der Waals surface area (Å²) in [6, 6.07) is 8.12. The van der Waals surface area contributed by atoms with E-state index in [0.29, 0.717) is 13.0 Å². The Bertz CT molecular complexity index is 905. The molecule has 2 aromatic heterocycles. The zero-order valence-corrected chi connectivity index (χ0v) is 14.3. The van der Waals surface area contributed by atoms with Gasteiger partial charge in [-0.25, -0.2) is 9.37 Å². The van der Waals surface area contributed by atoms with Gasteiger partial charge in [0.2, 0.25) is 0 Å². The first-order chi connectivity index (χ1) is 12.1. The van der Waals surface area contributed by atoms with Crippen LogP contribution in [0, 0.1) is 5.82 Å². The Kier molecular flexibility index (Phi) is 4.97. The number of carbonyl (C=O) groups excluding carboxylic acids is 1. The van der Waals surface area contributed by atoms with Crippen molar-refractivity contribution in [1.82, 2.24) is 14.9 Å². The second kappa shape index (κ2) is 7.34. The quantitative estimate of drug-likeness (QED) is 0.749. The molecule has 0 unspecified atom stereocenters. The number of aromatic nitrogens is 2. The molecule has 0 fully saturated rings. The van der Waals surface area contributed by atoms with E-state index < -0.39 is 5.82 Å². The van der Waals surface area contributed by atoms with E-state index in [0.717, 1.165) is 23.1 Å². The first-order valence-electron chi connectivity index (χ1n) is 8.18. The number of ether oxygens (including phenoxy) is 1. The summed E-state index contributed by atoms with van der Waals surface area (Å²) < 4.78 is 20.6. The van der Waals surface area contributed by atoms with Crippen molar-refractivity contribution in [3.8, 4) is 5.75 Å². The summed E-state index contributed by atoms with van der Waals surface area (Å²) in [5.41, 5.74) is 2.35. The lowest BCUT2D eigenvalue weighted by Gasteiger charge is -2.07. The summed E-state index contributed by atoms with van der Waals surface area (Å²) in [6.45, 7) is 3.37. The van der Waals surface area contributed by atoms with E-state index in [9.17, 15) is 9.18 Å². The van der Waals surface area contributed by atoms with Crippen LogP contribution in [-0.4, -0.2) is 29.1 Å². The van der Waals surface area contributed by atoms with Crippen molar-refractivity contribution < 1.29 is 13.9 Å². The van der Waals surface area contributed by atoms with Gasteiger partial charge < -0.3 is 14.6 Å². The number of benzene rings is 1. The van der Waals surface area contributed by atoms with E-state index in [1.165, 1.54) is 19.2 Å². The number of carbonyl (C=O) groups is 1. The second-order valence-corrected chi connectivity index (χ2v) is 5.67. The first-order valence-corrected chi connectivity index (χ1v) is 8.18. The number of rotatable bonds is 6. The summed E-state index contributed by atoms with van der Waals surface area (Å²) in [7, 11) is 1.39. The standard InChI is InChI=1S/C19H20FN3O2/c1-3-23-12-14(15-5-4-9-21-18(15)23)8-10-22-19(24)13-6-7-17(25-2)16(20)11-13/h4-7,9,11-12H,3,8,10H2,1-2H3,(H,22,24). The third-order valence-corrected chi connectivity index (χ3v) is 4.15. The third kappa shape index (κ3) is 3.47. The summed E-state index contributed by atoms with van der Waals surface area (Å²) in [5, 5.41) is 3.92. The Labute approximate surface area is 145 Å². The lowest BCUT2D eigenvalue weighted by atomic mass is 10.1. The summed E-state index contributed by atoms with van der Waals surface area (Å²) in [6.07, 6.45) is 4.52. The van der Waals surface area contributed by atoms with Crippen molar-refractivity contribution in [3.05, 3.63) is 59.7 Å². The molecule has 2 heterocycles. The molecule has 0 radical (unpaired) electrons. The molecule has 0 saturated carbocycles. The monoisotopic (exact) mass is 341 g/mol. The third-order valence-electron chi connectivity index (χ3n) is 4.15. The van der Waals surface area contributed by atoms with Crippen LogP contribution >= 0.6 is 0 Å². The molecular weight excluding hydrogens is 321 g/mol. The SMILES string of the molecule is CCn1cc(CCNC(=O)c2ccc(OC)c(F)c2)c2cccnc21. The highest BCUT2D eigenvalue weighted by Gasteiger charge is 2.11. The summed E-state index contributed by atoms with van der Waals surface area (Å²) in [4.78, 5) is 16.6. The van der Waals surface area contributed by atoms with Crippen LogP contribution in [0.3, 0.4) is 0 Å². The summed E-state index contributed by atoms with van der Waals surface area (Å²) >= 11 is 0. The minimum Gasteiger partial charge on any atom is -0.494 e. The molecule has 25 heavy (non-hydrogen) atoms. The average molecular weight is 341 g/mol. The number of methoxy groups -OCH3 is 1. The highest BCUT2D eigenvalue weighted by Crippen LogP contribution is 2.20. The topological polar surface area (TPSA) is 56.2 Å². The van der Waals surface area contributed by atoms with Crippen LogP contribution in [-0.2, 0) is 13.0 Å². The van der Waals surface area contributed by atoms with Gasteiger partial charge in [-0.1, -0.05) is 0 Å². The molecule has 0 atom stereocenters. The number of aryl methyl sites for hydroxylation is 1. The number of hydrogen-bond acceptors (Lipinski definition) is 3. The minimum absolute atomic E-state index is 0.122. The maximum absolute atomic E-state index is 13.7. The molecule has 6 heteroatoms. The van der Waals surface area contributed by atoms with Gasteiger partial charge in [-0.3, -0.25) is 4.79 Å². The largest absolute Gasteiger partial charge is 0.494 e. The number of fused-ring (bicyclic) bond motifs is 1. The molecule has 0 aliphatic heterocycles. The van der Waals surface area contributed by atoms with E-state index >= 15 is 0 Å². The van der Waals surface area contributed by atoms with Crippen LogP contribution in [0.1, 0.15) is 22.8 Å². The highest BCUT2D eigenvalue weighted by atomic mass is 19.1. The second-order valence-electron chi connectivity index (χ2n) is 5.67. The molecule has 0 saturated heterocycles. The molecule has 0 spiro atoms. The molecule has 3 rings (SSSR count). The number of nitrogens with zero attached hydrogens (tertiary/aromatic N) is 2. The van der Waals surface area contributed by atoms with E-state index in [1.54, 1.807) is 12.3 Å². The molecule has 3 aromatic rings. The van der Waals surface area contributed by atoms with Crippen LogP contribution in [0.25, 0.3) is 11.0 Å². The van der Waals surface area contributed by atoms with Crippen LogP contribution in [0.2, 0.25) is 0 Å². The smallest absolute Gasteiger partial charge is 0.251 e. The van der Waals surface area contributed by atoms with Gasteiger partial charge >= 0.3 is 0 Å². The number of nitrogens with one attached hydrogen (secondary N) is 1. The molecule has 1 N–H and O–H groups in total. The zero-order valence-electron chi connectivity index (χ0n) is 14.3. The molecule has 0 bridgehead atoms. The van der Waals surface area contributed by atoms with E-state index in [-0.39, 0.29) is 17.2 Å². The first kappa shape index (κ1) is 17.0. The maximum Gasteiger partial charge on any atom is 0.251 e. The van der Waals surface area contributed by atoms with E-state index in [4.69, 9.17) is 4.74 Å². The molecule has 1 aromatic carbocycles. The molecule has 0 aliphatic carbocycles. The van der Waals surface area contributed by atoms with Crippen LogP contribution in [0.15, 0.2) is 42.7 Å². The van der Waals surface area contributed by atoms with Gasteiger partial charge in [0.1, 0.15) is 5.65 Å². The van der Waals surface area contributed by atoms with E-state index in [2.05, 4.69) is 28.0 Å². The Balaban J connectivity index is 1.67. The molecular formula is C19H20FN3O2. The fourth-order valence-electron chi connectivity index (χ4n) is 2.86. The fraction of sp³-hybridized carbons (Fsp3) is 0.263. The van der Waals surface area contributed by atoms with Gasteiger partial charge in [-0.15, -0.1) is 0 Å². The van der Waals surface area contributed by atoms with Gasteiger partial charge in [0.05, 0.1) is 7.11 Å². The van der Waals surface area contributed by atoms with Gasteiger partial charge in [-0.2, -0.15) is 0 Å². The van der Waals surface area contributed by atoms with E-state index in [1.807, 2.05) is 12.1 Å². The van der Waals surface area contributed by atoms with Gasteiger partial charge in [0.25, 0.3) is 5.91 Å². The van der Waals surface area contributed by atoms with Crippen molar-refractivity contribution in [3.63, 3.8) is 0 Å². The van der Waals surface area contributed by atoms with Gasteiger partial charge in [0.15, 0.2) is 11.6 Å². The molecule has 1 amide bonds. The predicted molar refractivity (Wildman–Crippen MR) is 94.4 cm³/mol. The maximum atomic E-state index is 13.7. The Hall–Kier alpha value is -2.89. The summed E-state index contributed by atoms with van der Waals surface area (Å²) in [5.74, 6) is -0.734. The molecule has 130 valence electrons. The van der Waals surface area contributed by atoms with Gasteiger partial charge in [-0.05, 0) is 49.2 Å². The number of pyridine rings is 1. The van der Waals surface area contributed by atoms with Crippen molar-refractivity contribution in [2.75, 3.05) is 13.7 Å². The average Bonchev–Trinajstić information content (AvgIpc) is 2.99. The van der Waals surface area contributed by atoms with Gasteiger partial charge in [0, 0.05) is 36.4 Å². The van der Waals surface area contributed by atoms with Crippen LogP contribution in [0.5, 0.6) is 5.75 Å². The normalized spacial score (nSPS) is 10.8. The van der Waals surface area contributed by atoms with Crippen LogP contribution in [0.4, 0.5) is 4.39 Å². The van der Waals surface area contributed by atoms with Crippen molar-refractivity contribution in [2.24, 2.45) is 0 Å². The van der Waals surface area contributed by atoms with Crippen molar-refractivity contribution >= 4 is 16.9 Å².